The van der Waals surface area contributed by atoms with Gasteiger partial charge in [-0.1, -0.05) is 29.8 Å². The van der Waals surface area contributed by atoms with Gasteiger partial charge in [0.25, 0.3) is 5.91 Å². The van der Waals surface area contributed by atoms with Crippen molar-refractivity contribution in [2.24, 2.45) is 0 Å². The Kier molecular flexibility index (Phi) is 4.52. The van der Waals surface area contributed by atoms with Gasteiger partial charge in [0, 0.05) is 18.7 Å². The highest BCUT2D eigenvalue weighted by Gasteiger charge is 2.12. The maximum atomic E-state index is 12.1. The van der Waals surface area contributed by atoms with Crippen molar-refractivity contribution >= 4 is 5.91 Å². The van der Waals surface area contributed by atoms with Gasteiger partial charge >= 0.3 is 0 Å². The van der Waals surface area contributed by atoms with Crippen LogP contribution in [-0.4, -0.2) is 23.9 Å². The maximum Gasteiger partial charge on any atom is 0.254 e. The lowest BCUT2D eigenvalue weighted by atomic mass is 10.1. The molecule has 0 radical (unpaired) electrons. The average molecular weight is 215 g/mol. The van der Waals surface area contributed by atoms with Crippen LogP contribution in [0.1, 0.15) is 15.9 Å². The molecule has 1 amide bonds. The molecule has 0 heterocycles. The Morgan fingerprint density at radius 3 is 2.12 bits per heavy atom. The Hall–Kier alpha value is -1.83. The van der Waals surface area contributed by atoms with Crippen molar-refractivity contribution in [1.29, 1.82) is 0 Å². The van der Waals surface area contributed by atoms with Crippen LogP contribution in [0.25, 0.3) is 0 Å². The summed E-state index contributed by atoms with van der Waals surface area (Å²) in [6.45, 7) is 10.4. The zero-order valence-electron chi connectivity index (χ0n) is 9.65. The van der Waals surface area contributed by atoms with Gasteiger partial charge in [0.15, 0.2) is 0 Å². The molecule has 0 aromatic heterocycles. The monoisotopic (exact) mass is 215 g/mol. The largest absolute Gasteiger partial charge is 0.331 e. The number of amides is 1. The van der Waals surface area contributed by atoms with Crippen molar-refractivity contribution in [2.75, 3.05) is 13.1 Å². The molecule has 0 atom stereocenters. The van der Waals surface area contributed by atoms with Gasteiger partial charge in [-0.3, -0.25) is 4.79 Å². The Morgan fingerprint density at radius 2 is 1.69 bits per heavy atom. The summed E-state index contributed by atoms with van der Waals surface area (Å²) in [5.41, 5.74) is 1.85. The van der Waals surface area contributed by atoms with E-state index < -0.39 is 0 Å². The zero-order valence-corrected chi connectivity index (χ0v) is 9.65. The molecule has 0 spiro atoms. The normalized spacial score (nSPS) is 9.56. The van der Waals surface area contributed by atoms with Gasteiger partial charge in [-0.25, -0.2) is 0 Å². The van der Waals surface area contributed by atoms with Gasteiger partial charge in [0.2, 0.25) is 0 Å². The van der Waals surface area contributed by atoms with Crippen LogP contribution in [0.15, 0.2) is 49.6 Å². The van der Waals surface area contributed by atoms with E-state index in [1.165, 1.54) is 0 Å². The second kappa shape index (κ2) is 5.91. The number of hydrogen-bond acceptors (Lipinski definition) is 1. The smallest absolute Gasteiger partial charge is 0.254 e. The van der Waals surface area contributed by atoms with Crippen molar-refractivity contribution in [3.05, 3.63) is 60.7 Å². The minimum atomic E-state index is 0.0137. The molecule has 0 fully saturated rings. The molecule has 0 saturated carbocycles. The number of hydrogen-bond donors (Lipinski definition) is 0. The molecule has 2 nitrogen and oxygen atoms in total. The van der Waals surface area contributed by atoms with E-state index in [0.29, 0.717) is 18.7 Å². The molecule has 0 unspecified atom stereocenters. The minimum Gasteiger partial charge on any atom is -0.331 e. The van der Waals surface area contributed by atoms with E-state index in [1.54, 1.807) is 17.1 Å². The average Bonchev–Trinajstić information content (AvgIpc) is 2.29. The summed E-state index contributed by atoms with van der Waals surface area (Å²) >= 11 is 0. The SMILES string of the molecule is C=CCN(CC=C)C(=O)c1ccc(C)cc1. The number of rotatable bonds is 5. The molecule has 0 aliphatic carbocycles. The molecule has 1 aromatic rings. The van der Waals surface area contributed by atoms with E-state index in [2.05, 4.69) is 13.2 Å². The van der Waals surface area contributed by atoms with Crippen LogP contribution in [0.3, 0.4) is 0 Å². The lowest BCUT2D eigenvalue weighted by molar-refractivity contribution is 0.0791. The molecular weight excluding hydrogens is 198 g/mol. The zero-order chi connectivity index (χ0) is 12.0. The highest BCUT2D eigenvalue weighted by molar-refractivity contribution is 5.94. The van der Waals surface area contributed by atoms with Crippen LogP contribution in [0.2, 0.25) is 0 Å². The quantitative estimate of drug-likeness (QED) is 0.692. The topological polar surface area (TPSA) is 20.3 Å². The van der Waals surface area contributed by atoms with Gasteiger partial charge in [0.1, 0.15) is 0 Å². The molecule has 0 aliphatic rings. The van der Waals surface area contributed by atoms with Gasteiger partial charge < -0.3 is 4.90 Å². The Balaban J connectivity index is 2.84. The number of aryl methyl sites for hydroxylation is 1. The first kappa shape index (κ1) is 12.2. The first-order valence-electron chi connectivity index (χ1n) is 5.26. The van der Waals surface area contributed by atoms with E-state index >= 15 is 0 Å². The predicted octanol–water partition coefficient (Wildman–Crippen LogP) is 2.81. The standard InChI is InChI=1S/C14H17NO/c1-4-10-15(11-5-2)14(16)13-8-6-12(3)7-9-13/h4-9H,1-2,10-11H2,3H3. The van der Waals surface area contributed by atoms with E-state index in [0.717, 1.165) is 5.56 Å². The molecule has 2 heteroatoms. The number of carbonyl (C=O) groups is 1. The van der Waals surface area contributed by atoms with E-state index in [4.69, 9.17) is 0 Å². The highest BCUT2D eigenvalue weighted by atomic mass is 16.2. The van der Waals surface area contributed by atoms with Crippen molar-refractivity contribution in [3.63, 3.8) is 0 Å². The first-order valence-corrected chi connectivity index (χ1v) is 5.26. The van der Waals surface area contributed by atoms with Crippen LogP contribution < -0.4 is 0 Å². The third-order valence-corrected chi connectivity index (χ3v) is 2.28. The van der Waals surface area contributed by atoms with Crippen LogP contribution >= 0.6 is 0 Å². The van der Waals surface area contributed by atoms with E-state index in [9.17, 15) is 4.79 Å². The fraction of sp³-hybridized carbons (Fsp3) is 0.214. The molecule has 0 aliphatic heterocycles. The molecule has 0 saturated heterocycles. The second-order valence-electron chi connectivity index (χ2n) is 3.65. The molecule has 1 aromatic carbocycles. The third kappa shape index (κ3) is 3.09. The summed E-state index contributed by atoms with van der Waals surface area (Å²) in [7, 11) is 0. The Bertz CT molecular complexity index is 368. The Morgan fingerprint density at radius 1 is 1.19 bits per heavy atom. The fourth-order valence-corrected chi connectivity index (χ4v) is 1.43. The fourth-order valence-electron chi connectivity index (χ4n) is 1.43. The van der Waals surface area contributed by atoms with Crippen molar-refractivity contribution in [2.45, 2.75) is 6.92 Å². The second-order valence-corrected chi connectivity index (χ2v) is 3.65. The number of nitrogens with zero attached hydrogens (tertiary/aromatic N) is 1. The summed E-state index contributed by atoms with van der Waals surface area (Å²) < 4.78 is 0. The predicted molar refractivity (Wildman–Crippen MR) is 67.5 cm³/mol. The third-order valence-electron chi connectivity index (χ3n) is 2.28. The lowest BCUT2D eigenvalue weighted by Crippen LogP contribution is -2.31. The van der Waals surface area contributed by atoms with E-state index in [1.807, 2.05) is 31.2 Å². The van der Waals surface area contributed by atoms with Crippen molar-refractivity contribution < 1.29 is 4.79 Å². The van der Waals surface area contributed by atoms with Gasteiger partial charge in [-0.15, -0.1) is 13.2 Å². The van der Waals surface area contributed by atoms with Crippen LogP contribution in [0.4, 0.5) is 0 Å². The highest BCUT2D eigenvalue weighted by Crippen LogP contribution is 2.07. The summed E-state index contributed by atoms with van der Waals surface area (Å²) in [5.74, 6) is 0.0137. The minimum absolute atomic E-state index is 0.0137. The first-order chi connectivity index (χ1) is 7.69. The molecule has 0 N–H and O–H groups in total. The van der Waals surface area contributed by atoms with Crippen LogP contribution in [0.5, 0.6) is 0 Å². The lowest BCUT2D eigenvalue weighted by Gasteiger charge is -2.19. The Labute approximate surface area is 96.9 Å². The molecule has 1 rings (SSSR count). The molecular formula is C14H17NO. The molecule has 16 heavy (non-hydrogen) atoms. The molecule has 0 bridgehead atoms. The summed E-state index contributed by atoms with van der Waals surface area (Å²) in [5, 5.41) is 0. The maximum absolute atomic E-state index is 12.1. The summed E-state index contributed by atoms with van der Waals surface area (Å²) in [6, 6.07) is 7.56. The number of carbonyl (C=O) groups excluding carboxylic acids is 1. The van der Waals surface area contributed by atoms with Gasteiger partial charge in [-0.2, -0.15) is 0 Å². The van der Waals surface area contributed by atoms with Gasteiger partial charge in [-0.05, 0) is 19.1 Å². The van der Waals surface area contributed by atoms with Crippen molar-refractivity contribution in [3.8, 4) is 0 Å². The summed E-state index contributed by atoms with van der Waals surface area (Å²) in [6.07, 6.45) is 3.44. The molecule has 84 valence electrons. The van der Waals surface area contributed by atoms with Crippen LogP contribution in [-0.2, 0) is 0 Å². The van der Waals surface area contributed by atoms with Crippen LogP contribution in [0, 0.1) is 6.92 Å². The number of benzene rings is 1. The van der Waals surface area contributed by atoms with E-state index in [-0.39, 0.29) is 5.91 Å². The summed E-state index contributed by atoms with van der Waals surface area (Å²) in [4.78, 5) is 13.8. The van der Waals surface area contributed by atoms with Gasteiger partial charge in [0.05, 0.1) is 0 Å². The van der Waals surface area contributed by atoms with Crippen molar-refractivity contribution in [1.82, 2.24) is 4.90 Å².